The van der Waals surface area contributed by atoms with Gasteiger partial charge in [-0.05, 0) is 99.7 Å². The molecule has 14 heteroatoms. The number of aliphatic hydroxyl groups is 1. The zero-order valence-corrected chi connectivity index (χ0v) is 33.2. The molecule has 3 N–H and O–H groups in total. The van der Waals surface area contributed by atoms with Gasteiger partial charge in [-0.15, -0.1) is 0 Å². The molecule has 3 amide bonds. The fraction of sp³-hybridized carbons (Fsp3) is 0.488. The third kappa shape index (κ3) is 7.48. The number of ether oxygens (including phenoxy) is 1. The molecule has 1 unspecified atom stereocenters. The maximum Gasteiger partial charge on any atom is 0.329 e. The third-order valence-corrected chi connectivity index (χ3v) is 12.6. The summed E-state index contributed by atoms with van der Waals surface area (Å²) in [4.78, 5) is 58.4. The minimum atomic E-state index is -0.686. The van der Waals surface area contributed by atoms with Crippen molar-refractivity contribution in [2.75, 3.05) is 38.7 Å². The van der Waals surface area contributed by atoms with Crippen molar-refractivity contribution < 1.29 is 24.2 Å². The molecule has 1 atom stereocenters. The van der Waals surface area contributed by atoms with E-state index in [1.165, 1.54) is 0 Å². The summed E-state index contributed by atoms with van der Waals surface area (Å²) in [5.41, 5.74) is 4.25. The van der Waals surface area contributed by atoms with Gasteiger partial charge >= 0.3 is 5.69 Å². The predicted molar refractivity (Wildman–Crippen MR) is 217 cm³/mol. The van der Waals surface area contributed by atoms with Gasteiger partial charge in [0.15, 0.2) is 0 Å². The fourth-order valence-corrected chi connectivity index (χ4v) is 9.14. The molecule has 3 aromatic heterocycles. The van der Waals surface area contributed by atoms with E-state index in [9.17, 15) is 24.3 Å². The molecule has 2 saturated heterocycles. The van der Waals surface area contributed by atoms with Gasteiger partial charge in [0, 0.05) is 48.8 Å². The van der Waals surface area contributed by atoms with Crippen LogP contribution in [0.1, 0.15) is 105 Å². The number of piperidine rings is 2. The number of nitrogens with zero attached hydrogens (tertiary/aromatic N) is 6. The van der Waals surface area contributed by atoms with Crippen LogP contribution in [0.2, 0.25) is 0 Å². The molecule has 3 aliphatic rings. The number of aryl methyl sites for hydroxylation is 1. The second kappa shape index (κ2) is 15.5. The van der Waals surface area contributed by atoms with Crippen LogP contribution in [-0.4, -0.2) is 85.0 Å². The molecule has 8 rings (SSSR count). The topological polar surface area (TPSA) is 166 Å². The molecule has 1 saturated carbocycles. The van der Waals surface area contributed by atoms with Gasteiger partial charge in [-0.25, -0.2) is 9.78 Å². The number of imidazole rings is 1. The molecule has 0 bridgehead atoms. The Kier molecular flexibility index (Phi) is 10.5. The minimum absolute atomic E-state index is 0.0845. The maximum absolute atomic E-state index is 13.5. The number of pyridine rings is 1. The number of para-hydroxylation sites is 1. The van der Waals surface area contributed by atoms with Crippen molar-refractivity contribution in [1.29, 1.82) is 0 Å². The smallest absolute Gasteiger partial charge is 0.329 e. The van der Waals surface area contributed by atoms with E-state index in [0.29, 0.717) is 41.4 Å². The number of carbonyl (C=O) groups is 3. The monoisotopic (exact) mass is 776 g/mol. The summed E-state index contributed by atoms with van der Waals surface area (Å²) >= 11 is 0. The lowest BCUT2D eigenvalue weighted by Crippen LogP contribution is -2.44. The van der Waals surface area contributed by atoms with E-state index >= 15 is 0 Å². The van der Waals surface area contributed by atoms with Crippen LogP contribution in [0.15, 0.2) is 59.5 Å². The van der Waals surface area contributed by atoms with Gasteiger partial charge < -0.3 is 20.1 Å². The number of methoxy groups -OCH3 is 1. The maximum atomic E-state index is 13.5. The van der Waals surface area contributed by atoms with Crippen LogP contribution >= 0.6 is 0 Å². The highest BCUT2D eigenvalue weighted by atomic mass is 16.5. The van der Waals surface area contributed by atoms with Gasteiger partial charge in [0.05, 0.1) is 42.0 Å². The fourth-order valence-electron chi connectivity index (χ4n) is 9.14. The quantitative estimate of drug-likeness (QED) is 0.162. The van der Waals surface area contributed by atoms with E-state index in [2.05, 4.69) is 37.5 Å². The second-order valence-electron chi connectivity index (χ2n) is 16.8. The lowest BCUT2D eigenvalue weighted by atomic mass is 9.84. The molecule has 5 aromatic rings. The van der Waals surface area contributed by atoms with Gasteiger partial charge in [-0.2, -0.15) is 5.10 Å². The number of hydrogen-bond donors (Lipinski definition) is 3. The molecular formula is C43H52N8O6. The van der Waals surface area contributed by atoms with Crippen LogP contribution in [-0.2, 0) is 22.1 Å². The van der Waals surface area contributed by atoms with E-state index < -0.39 is 17.4 Å². The number of nitrogens with one attached hydrogen (secondary N) is 2. The van der Waals surface area contributed by atoms with Crippen LogP contribution in [0.25, 0.3) is 21.9 Å². The van der Waals surface area contributed by atoms with Gasteiger partial charge in [0.1, 0.15) is 17.5 Å². The summed E-state index contributed by atoms with van der Waals surface area (Å²) in [6.07, 6.45) is 8.96. The number of imide groups is 1. The van der Waals surface area contributed by atoms with Crippen molar-refractivity contribution >= 4 is 45.3 Å². The van der Waals surface area contributed by atoms with E-state index in [-0.39, 0.29) is 36.2 Å². The van der Waals surface area contributed by atoms with Crippen molar-refractivity contribution in [2.45, 2.75) is 88.6 Å². The molecule has 0 spiro atoms. The highest BCUT2D eigenvalue weighted by Crippen LogP contribution is 2.38. The van der Waals surface area contributed by atoms with Crippen LogP contribution in [0.5, 0.6) is 5.75 Å². The van der Waals surface area contributed by atoms with Crippen molar-refractivity contribution in [3.05, 3.63) is 82.2 Å². The molecule has 0 radical (unpaired) electrons. The zero-order chi connectivity index (χ0) is 40.0. The van der Waals surface area contributed by atoms with Crippen molar-refractivity contribution in [3.8, 4) is 5.75 Å². The summed E-state index contributed by atoms with van der Waals surface area (Å²) < 4.78 is 11.0. The normalized spacial score (nSPS) is 21.2. The molecule has 14 nitrogen and oxygen atoms in total. The molecule has 3 fully saturated rings. The number of carbonyl (C=O) groups excluding carboxylic acids is 3. The van der Waals surface area contributed by atoms with Crippen molar-refractivity contribution in [2.24, 2.45) is 13.0 Å². The van der Waals surface area contributed by atoms with Gasteiger partial charge in [-0.1, -0.05) is 32.0 Å². The van der Waals surface area contributed by atoms with Crippen molar-refractivity contribution in [1.82, 2.24) is 34.1 Å². The molecular weight excluding hydrogens is 725 g/mol. The first-order valence-electron chi connectivity index (χ1n) is 20.2. The third-order valence-electron chi connectivity index (χ3n) is 12.6. The van der Waals surface area contributed by atoms with Gasteiger partial charge in [-0.3, -0.25) is 33.5 Å². The number of anilines is 1. The predicted octanol–water partition coefficient (Wildman–Crippen LogP) is 5.20. The average molecular weight is 777 g/mol. The Balaban J connectivity index is 0.876. The molecule has 2 aliphatic heterocycles. The summed E-state index contributed by atoms with van der Waals surface area (Å²) in [7, 11) is 3.36. The van der Waals surface area contributed by atoms with Crippen LogP contribution in [0, 0.1) is 5.92 Å². The largest absolute Gasteiger partial charge is 0.494 e. The molecule has 1 aliphatic carbocycles. The number of rotatable bonds is 10. The highest BCUT2D eigenvalue weighted by Gasteiger charge is 2.33. The molecule has 2 aromatic carbocycles. The average Bonchev–Trinajstić information content (AvgIpc) is 3.75. The van der Waals surface area contributed by atoms with Gasteiger partial charge in [0.2, 0.25) is 11.8 Å². The van der Waals surface area contributed by atoms with E-state index in [0.717, 1.165) is 85.7 Å². The standard InChI is InChI=1S/C43H52N8O6/c1-43(2,25-52)37-10-6-8-31(44-37)40(54)45-33-21-28-24-50(47-32(28)22-36(33)57-4)29-13-11-26(12-14-29)23-49-19-17-27(18-20-49)30-7-5-9-34-39(30)48(3)42(56)51(34)35-15-16-38(53)46-41(35)55/h5-10,21-22,24,26-27,29,35,52H,11-20,23,25H2,1-4H3,(H,45,54)(H,46,53,55)/t26-,29-,35?. The summed E-state index contributed by atoms with van der Waals surface area (Å²) in [6, 6.07) is 14.7. The van der Waals surface area contributed by atoms with Gasteiger partial charge in [0.25, 0.3) is 5.91 Å². The van der Waals surface area contributed by atoms with E-state index in [1.54, 1.807) is 35.4 Å². The van der Waals surface area contributed by atoms with Crippen molar-refractivity contribution in [3.63, 3.8) is 0 Å². The molecule has 300 valence electrons. The lowest BCUT2D eigenvalue weighted by Gasteiger charge is -2.37. The Hall–Kier alpha value is -5.34. The summed E-state index contributed by atoms with van der Waals surface area (Å²) in [5.74, 6) is 0.393. The van der Waals surface area contributed by atoms with E-state index in [4.69, 9.17) is 9.84 Å². The van der Waals surface area contributed by atoms with Crippen LogP contribution in [0.3, 0.4) is 0 Å². The Bertz CT molecular complexity index is 2400. The Morgan fingerprint density at radius 1 is 1.00 bits per heavy atom. The number of aromatic nitrogens is 5. The molecule has 5 heterocycles. The summed E-state index contributed by atoms with van der Waals surface area (Å²) in [6.45, 7) is 6.75. The zero-order valence-electron chi connectivity index (χ0n) is 33.2. The summed E-state index contributed by atoms with van der Waals surface area (Å²) in [5, 5.41) is 21.0. The van der Waals surface area contributed by atoms with Crippen LogP contribution in [0.4, 0.5) is 5.69 Å². The number of likely N-dealkylation sites (tertiary alicyclic amines) is 1. The lowest BCUT2D eigenvalue weighted by molar-refractivity contribution is -0.135. The van der Waals surface area contributed by atoms with E-state index in [1.807, 2.05) is 44.2 Å². The Morgan fingerprint density at radius 2 is 1.75 bits per heavy atom. The second-order valence-corrected chi connectivity index (χ2v) is 16.8. The minimum Gasteiger partial charge on any atom is -0.494 e. The number of benzene rings is 2. The number of hydrogen-bond acceptors (Lipinski definition) is 9. The van der Waals surface area contributed by atoms with Crippen LogP contribution < -0.4 is 21.1 Å². The Labute approximate surface area is 331 Å². The first-order chi connectivity index (χ1) is 27.4. The first kappa shape index (κ1) is 38.5. The number of aliphatic hydroxyl groups excluding tert-OH is 1. The SMILES string of the molecule is COc1cc2nn([C@H]3CC[C@H](CN4CCC(c5cccc6c5n(C)c(=O)n6C5CCC(=O)NC5=O)CC4)CC3)cc2cc1NC(=O)c1cccc(C(C)(C)CO)n1. The Morgan fingerprint density at radius 3 is 2.47 bits per heavy atom. The number of amides is 3. The first-order valence-corrected chi connectivity index (χ1v) is 20.2. The number of fused-ring (bicyclic) bond motifs is 2. The highest BCUT2D eigenvalue weighted by molar-refractivity contribution is 6.05. The molecule has 57 heavy (non-hydrogen) atoms.